The number of nitrogens with zero attached hydrogens (tertiary/aromatic N) is 1. The molecule has 0 saturated carbocycles. The van der Waals surface area contributed by atoms with Crippen LogP contribution in [0.5, 0.6) is 11.5 Å². The third-order valence-electron chi connectivity index (χ3n) is 6.23. The minimum atomic E-state index is -0.100. The molecule has 172 valence electrons. The Kier molecular flexibility index (Phi) is 7.47. The van der Waals surface area contributed by atoms with Crippen molar-refractivity contribution in [3.8, 4) is 11.5 Å². The lowest BCUT2D eigenvalue weighted by atomic mass is 9.89. The predicted octanol–water partition coefficient (Wildman–Crippen LogP) is 4.45. The van der Waals surface area contributed by atoms with Crippen molar-refractivity contribution in [1.82, 2.24) is 15.2 Å². The second-order valence-electron chi connectivity index (χ2n) is 8.35. The van der Waals surface area contributed by atoms with Gasteiger partial charge in [0.05, 0.1) is 7.11 Å². The summed E-state index contributed by atoms with van der Waals surface area (Å²) in [5, 5.41) is 13.9. The van der Waals surface area contributed by atoms with E-state index in [9.17, 15) is 9.90 Å². The molecule has 6 heteroatoms. The van der Waals surface area contributed by atoms with Crippen LogP contribution in [0.4, 0.5) is 0 Å². The van der Waals surface area contributed by atoms with Crippen LogP contribution in [0.3, 0.4) is 0 Å². The lowest BCUT2D eigenvalue weighted by Gasteiger charge is -2.31. The SMILES string of the molecule is COc1cc(/C=C/C=C/C(=O)NCCN2CCC(c3c[nH]c4ccccc34)CC2)ccc1O. The number of ether oxygens (including phenoxy) is 1. The largest absolute Gasteiger partial charge is 0.504 e. The summed E-state index contributed by atoms with van der Waals surface area (Å²) in [6.07, 6.45) is 11.3. The highest BCUT2D eigenvalue weighted by Crippen LogP contribution is 2.33. The van der Waals surface area contributed by atoms with E-state index < -0.39 is 0 Å². The maximum Gasteiger partial charge on any atom is 0.244 e. The maximum atomic E-state index is 12.1. The molecule has 0 aliphatic carbocycles. The fourth-order valence-electron chi connectivity index (χ4n) is 4.40. The molecule has 0 unspecified atom stereocenters. The number of hydrogen-bond donors (Lipinski definition) is 3. The van der Waals surface area contributed by atoms with Gasteiger partial charge in [-0.15, -0.1) is 0 Å². The molecule has 0 atom stereocenters. The highest BCUT2D eigenvalue weighted by molar-refractivity contribution is 5.87. The first kappa shape index (κ1) is 22.7. The first-order valence-corrected chi connectivity index (χ1v) is 11.4. The number of likely N-dealkylation sites (tertiary alicyclic amines) is 1. The van der Waals surface area contributed by atoms with E-state index in [1.165, 1.54) is 29.7 Å². The number of hydrogen-bond acceptors (Lipinski definition) is 4. The van der Waals surface area contributed by atoms with Gasteiger partial charge in [-0.25, -0.2) is 0 Å². The van der Waals surface area contributed by atoms with Gasteiger partial charge in [-0.05, 0) is 61.2 Å². The van der Waals surface area contributed by atoms with Crippen molar-refractivity contribution >= 4 is 22.9 Å². The second-order valence-corrected chi connectivity index (χ2v) is 8.35. The smallest absolute Gasteiger partial charge is 0.244 e. The van der Waals surface area contributed by atoms with Crippen LogP contribution < -0.4 is 10.1 Å². The number of allylic oxidation sites excluding steroid dienone is 2. The minimum Gasteiger partial charge on any atom is -0.504 e. The number of fused-ring (bicyclic) bond motifs is 1. The van der Waals surface area contributed by atoms with Gasteiger partial charge in [0.2, 0.25) is 5.91 Å². The molecule has 0 spiro atoms. The standard InChI is InChI=1S/C27H31N3O3/c1-33-26-18-20(10-11-25(26)31)6-2-5-9-27(32)28-14-17-30-15-12-21(13-16-30)23-19-29-24-8-4-3-7-22(23)24/h2-11,18-19,21,29,31H,12-17H2,1H3,(H,28,32)/b6-2+,9-5+. The molecule has 1 aliphatic rings. The summed E-state index contributed by atoms with van der Waals surface area (Å²) < 4.78 is 5.09. The Bertz CT molecular complexity index is 1140. The number of carbonyl (C=O) groups is 1. The van der Waals surface area contributed by atoms with E-state index in [1.54, 1.807) is 30.4 Å². The number of aromatic hydroxyl groups is 1. The van der Waals surface area contributed by atoms with Gasteiger partial charge in [0.1, 0.15) is 0 Å². The summed E-state index contributed by atoms with van der Waals surface area (Å²) in [4.78, 5) is 17.9. The van der Waals surface area contributed by atoms with Crippen molar-refractivity contribution in [1.29, 1.82) is 0 Å². The Morgan fingerprint density at radius 2 is 2.03 bits per heavy atom. The number of carbonyl (C=O) groups excluding carboxylic acids is 1. The Morgan fingerprint density at radius 1 is 1.21 bits per heavy atom. The fraction of sp³-hybridized carbons (Fsp3) is 0.296. The van der Waals surface area contributed by atoms with Crippen LogP contribution in [0.1, 0.15) is 29.9 Å². The number of aromatic nitrogens is 1. The Labute approximate surface area is 194 Å². The van der Waals surface area contributed by atoms with Crippen LogP contribution in [0.15, 0.2) is 66.9 Å². The Hall–Kier alpha value is -3.51. The quantitative estimate of drug-likeness (QED) is 0.354. The zero-order valence-electron chi connectivity index (χ0n) is 19.0. The second kappa shape index (κ2) is 10.9. The monoisotopic (exact) mass is 445 g/mol. The third kappa shape index (κ3) is 5.84. The molecule has 0 bridgehead atoms. The van der Waals surface area contributed by atoms with Gasteiger partial charge in [-0.1, -0.05) is 42.5 Å². The molecule has 1 aliphatic heterocycles. The number of benzene rings is 2. The average Bonchev–Trinajstić information content (AvgIpc) is 3.27. The average molecular weight is 446 g/mol. The number of phenols is 1. The Morgan fingerprint density at radius 3 is 2.85 bits per heavy atom. The van der Waals surface area contributed by atoms with Gasteiger partial charge in [0, 0.05) is 36.3 Å². The van der Waals surface area contributed by atoms with Gasteiger partial charge in [-0.2, -0.15) is 0 Å². The molecule has 2 aromatic carbocycles. The maximum absolute atomic E-state index is 12.1. The van der Waals surface area contributed by atoms with Crippen molar-refractivity contribution in [2.75, 3.05) is 33.3 Å². The van der Waals surface area contributed by atoms with E-state index in [-0.39, 0.29) is 11.7 Å². The number of piperidine rings is 1. The van der Waals surface area contributed by atoms with Crippen molar-refractivity contribution in [2.45, 2.75) is 18.8 Å². The highest BCUT2D eigenvalue weighted by atomic mass is 16.5. The van der Waals surface area contributed by atoms with Crippen molar-refractivity contribution < 1.29 is 14.6 Å². The molecule has 2 heterocycles. The molecule has 1 amide bonds. The van der Waals surface area contributed by atoms with Crippen LogP contribution in [-0.2, 0) is 4.79 Å². The molecular formula is C27H31N3O3. The van der Waals surface area contributed by atoms with Gasteiger partial charge in [-0.3, -0.25) is 4.79 Å². The molecule has 6 nitrogen and oxygen atoms in total. The number of para-hydroxylation sites is 1. The number of phenolic OH excluding ortho intramolecular Hbond substituents is 1. The fourth-order valence-corrected chi connectivity index (χ4v) is 4.40. The lowest BCUT2D eigenvalue weighted by Crippen LogP contribution is -2.38. The third-order valence-corrected chi connectivity index (χ3v) is 6.23. The molecule has 33 heavy (non-hydrogen) atoms. The van der Waals surface area contributed by atoms with E-state index in [2.05, 4.69) is 45.7 Å². The number of H-pyrrole nitrogens is 1. The van der Waals surface area contributed by atoms with Crippen LogP contribution in [0, 0.1) is 0 Å². The van der Waals surface area contributed by atoms with Gasteiger partial charge in [0.25, 0.3) is 0 Å². The van der Waals surface area contributed by atoms with Gasteiger partial charge >= 0.3 is 0 Å². The summed E-state index contributed by atoms with van der Waals surface area (Å²) in [6.45, 7) is 3.60. The Balaban J connectivity index is 1.17. The van der Waals surface area contributed by atoms with E-state index in [0.717, 1.165) is 38.0 Å². The number of aromatic amines is 1. The van der Waals surface area contributed by atoms with Crippen molar-refractivity contribution in [2.24, 2.45) is 0 Å². The normalized spacial score (nSPS) is 15.5. The summed E-state index contributed by atoms with van der Waals surface area (Å²) in [5.74, 6) is 1.02. The zero-order valence-corrected chi connectivity index (χ0v) is 19.0. The number of amides is 1. The van der Waals surface area contributed by atoms with Crippen LogP contribution in [0.2, 0.25) is 0 Å². The number of nitrogens with one attached hydrogen (secondary N) is 2. The first-order chi connectivity index (χ1) is 16.1. The first-order valence-electron chi connectivity index (χ1n) is 11.4. The van der Waals surface area contributed by atoms with Gasteiger partial charge in [0.15, 0.2) is 11.5 Å². The molecule has 4 rings (SSSR count). The number of rotatable bonds is 8. The highest BCUT2D eigenvalue weighted by Gasteiger charge is 2.22. The minimum absolute atomic E-state index is 0.100. The summed E-state index contributed by atoms with van der Waals surface area (Å²) >= 11 is 0. The predicted molar refractivity (Wildman–Crippen MR) is 133 cm³/mol. The summed E-state index contributed by atoms with van der Waals surface area (Å²) in [6, 6.07) is 13.6. The van der Waals surface area contributed by atoms with E-state index in [0.29, 0.717) is 18.2 Å². The van der Waals surface area contributed by atoms with E-state index in [1.807, 2.05) is 6.08 Å². The van der Waals surface area contributed by atoms with Crippen LogP contribution >= 0.6 is 0 Å². The molecule has 0 radical (unpaired) electrons. The zero-order chi connectivity index (χ0) is 23.0. The summed E-state index contributed by atoms with van der Waals surface area (Å²) in [5.41, 5.74) is 3.52. The van der Waals surface area contributed by atoms with Crippen LogP contribution in [-0.4, -0.2) is 54.2 Å². The molecular weight excluding hydrogens is 414 g/mol. The van der Waals surface area contributed by atoms with Crippen LogP contribution in [0.25, 0.3) is 17.0 Å². The molecule has 1 fully saturated rings. The molecule has 1 aromatic heterocycles. The molecule has 3 aromatic rings. The van der Waals surface area contributed by atoms with E-state index in [4.69, 9.17) is 4.74 Å². The van der Waals surface area contributed by atoms with Crippen molar-refractivity contribution in [3.05, 3.63) is 78.0 Å². The number of methoxy groups -OCH3 is 1. The molecule has 3 N–H and O–H groups in total. The topological polar surface area (TPSA) is 77.6 Å². The summed E-state index contributed by atoms with van der Waals surface area (Å²) in [7, 11) is 1.51. The van der Waals surface area contributed by atoms with E-state index >= 15 is 0 Å². The van der Waals surface area contributed by atoms with Gasteiger partial charge < -0.3 is 25.0 Å². The lowest BCUT2D eigenvalue weighted by molar-refractivity contribution is -0.116. The van der Waals surface area contributed by atoms with Crippen molar-refractivity contribution in [3.63, 3.8) is 0 Å². The molecule has 1 saturated heterocycles.